The molecule has 0 bridgehead atoms. The molecule has 0 radical (unpaired) electrons. The van der Waals surface area contributed by atoms with Gasteiger partial charge in [0.15, 0.2) is 0 Å². The van der Waals surface area contributed by atoms with Crippen LogP contribution in [0.4, 0.5) is 0 Å². The van der Waals surface area contributed by atoms with Crippen LogP contribution in [0.25, 0.3) is 0 Å². The van der Waals surface area contributed by atoms with E-state index in [4.69, 9.17) is 27.6 Å². The standard InChI is InChI=1S/C12H18Cl2OSi/c1-12(2,3)16(4,5)15-11-9(13)7-6-8-10(11)14/h6-8H,1-5H3. The van der Waals surface area contributed by atoms with Crippen LogP contribution in [0.3, 0.4) is 0 Å². The van der Waals surface area contributed by atoms with Gasteiger partial charge in [0, 0.05) is 0 Å². The molecule has 16 heavy (non-hydrogen) atoms. The SMILES string of the molecule is CC(C)(C)[Si](C)(C)Oc1c(Cl)cccc1Cl. The van der Waals surface area contributed by atoms with Gasteiger partial charge in [-0.25, -0.2) is 0 Å². The quantitative estimate of drug-likeness (QED) is 0.660. The fourth-order valence-corrected chi connectivity index (χ4v) is 2.63. The maximum atomic E-state index is 6.10. The first kappa shape index (κ1) is 13.9. The zero-order valence-corrected chi connectivity index (χ0v) is 12.9. The van der Waals surface area contributed by atoms with E-state index in [0.717, 1.165) is 0 Å². The Morgan fingerprint density at radius 2 is 1.50 bits per heavy atom. The van der Waals surface area contributed by atoms with Crippen LogP contribution in [0.15, 0.2) is 18.2 Å². The summed E-state index contributed by atoms with van der Waals surface area (Å²) in [6.07, 6.45) is 0. The van der Waals surface area contributed by atoms with E-state index in [-0.39, 0.29) is 5.04 Å². The van der Waals surface area contributed by atoms with Crippen molar-refractivity contribution >= 4 is 31.5 Å². The molecule has 0 atom stereocenters. The summed E-state index contributed by atoms with van der Waals surface area (Å²) >= 11 is 12.2. The lowest BCUT2D eigenvalue weighted by atomic mass is 10.2. The summed E-state index contributed by atoms with van der Waals surface area (Å²) in [5, 5.41) is 1.30. The first-order valence-electron chi connectivity index (χ1n) is 5.28. The van der Waals surface area contributed by atoms with Gasteiger partial charge in [0.05, 0.1) is 10.0 Å². The van der Waals surface area contributed by atoms with Crippen molar-refractivity contribution in [1.82, 2.24) is 0 Å². The number of hydrogen-bond donors (Lipinski definition) is 0. The van der Waals surface area contributed by atoms with Gasteiger partial charge in [-0.05, 0) is 30.3 Å². The largest absolute Gasteiger partial charge is 0.542 e. The molecule has 0 aromatic heterocycles. The molecule has 1 nitrogen and oxygen atoms in total. The van der Waals surface area contributed by atoms with Crippen LogP contribution >= 0.6 is 23.2 Å². The van der Waals surface area contributed by atoms with Crippen LogP contribution in [0.1, 0.15) is 20.8 Å². The van der Waals surface area contributed by atoms with Crippen LogP contribution in [0, 0.1) is 0 Å². The van der Waals surface area contributed by atoms with Crippen molar-refractivity contribution in [2.75, 3.05) is 0 Å². The van der Waals surface area contributed by atoms with Gasteiger partial charge < -0.3 is 4.43 Å². The van der Waals surface area contributed by atoms with E-state index in [2.05, 4.69) is 33.9 Å². The normalized spacial score (nSPS) is 12.7. The van der Waals surface area contributed by atoms with E-state index < -0.39 is 8.32 Å². The molecule has 4 heteroatoms. The fourth-order valence-electron chi connectivity index (χ4n) is 0.988. The first-order chi connectivity index (χ1) is 7.15. The smallest absolute Gasteiger partial charge is 0.250 e. The van der Waals surface area contributed by atoms with Gasteiger partial charge in [-0.3, -0.25) is 0 Å². The van der Waals surface area contributed by atoms with Crippen molar-refractivity contribution in [3.63, 3.8) is 0 Å². The lowest BCUT2D eigenvalue weighted by Crippen LogP contribution is -2.44. The number of hydrogen-bond acceptors (Lipinski definition) is 1. The molecule has 0 amide bonds. The predicted molar refractivity (Wildman–Crippen MR) is 74.3 cm³/mol. The molecule has 0 N–H and O–H groups in total. The minimum Gasteiger partial charge on any atom is -0.542 e. The van der Waals surface area contributed by atoms with Gasteiger partial charge in [0.25, 0.3) is 8.32 Å². The van der Waals surface area contributed by atoms with Crippen LogP contribution in [0.5, 0.6) is 5.75 Å². The summed E-state index contributed by atoms with van der Waals surface area (Å²) in [4.78, 5) is 0. The Bertz CT molecular complexity index is 363. The zero-order valence-electron chi connectivity index (χ0n) is 10.4. The molecule has 1 aromatic rings. The van der Waals surface area contributed by atoms with Crippen molar-refractivity contribution in [3.05, 3.63) is 28.2 Å². The summed E-state index contributed by atoms with van der Waals surface area (Å²) < 4.78 is 6.10. The second-order valence-electron chi connectivity index (χ2n) is 5.41. The summed E-state index contributed by atoms with van der Waals surface area (Å²) in [5.74, 6) is 0.623. The van der Waals surface area contributed by atoms with E-state index >= 15 is 0 Å². The third-order valence-corrected chi connectivity index (χ3v) is 8.00. The minimum absolute atomic E-state index is 0.134. The van der Waals surface area contributed by atoms with E-state index in [1.807, 2.05) is 6.07 Å². The van der Waals surface area contributed by atoms with Crippen molar-refractivity contribution < 1.29 is 4.43 Å². The highest BCUT2D eigenvalue weighted by Crippen LogP contribution is 2.41. The molecule has 1 aromatic carbocycles. The second kappa shape index (κ2) is 4.59. The van der Waals surface area contributed by atoms with E-state index in [1.54, 1.807) is 12.1 Å². The summed E-state index contributed by atoms with van der Waals surface area (Å²) in [5.41, 5.74) is 0. The second-order valence-corrected chi connectivity index (χ2v) is 11.0. The van der Waals surface area contributed by atoms with Gasteiger partial charge in [-0.2, -0.15) is 0 Å². The van der Waals surface area contributed by atoms with E-state index in [1.165, 1.54) is 0 Å². The monoisotopic (exact) mass is 276 g/mol. The van der Waals surface area contributed by atoms with Crippen molar-refractivity contribution in [2.24, 2.45) is 0 Å². The van der Waals surface area contributed by atoms with E-state index in [9.17, 15) is 0 Å². The Balaban J connectivity index is 3.06. The van der Waals surface area contributed by atoms with Crippen molar-refractivity contribution in [3.8, 4) is 5.75 Å². The molecular weight excluding hydrogens is 259 g/mol. The van der Waals surface area contributed by atoms with Crippen molar-refractivity contribution in [1.29, 1.82) is 0 Å². The summed E-state index contributed by atoms with van der Waals surface area (Å²) in [6, 6.07) is 5.43. The van der Waals surface area contributed by atoms with Gasteiger partial charge in [-0.1, -0.05) is 50.0 Å². The average molecular weight is 277 g/mol. The lowest BCUT2D eigenvalue weighted by molar-refractivity contribution is 0.492. The molecule has 0 aliphatic rings. The summed E-state index contributed by atoms with van der Waals surface area (Å²) in [7, 11) is -1.88. The summed E-state index contributed by atoms with van der Waals surface area (Å²) in [6.45, 7) is 10.9. The number of para-hydroxylation sites is 1. The van der Waals surface area contributed by atoms with Gasteiger partial charge in [0.2, 0.25) is 0 Å². The molecule has 0 saturated heterocycles. The molecule has 0 aliphatic carbocycles. The predicted octanol–water partition coefficient (Wildman–Crippen LogP) is 5.38. The Hall–Kier alpha value is -0.183. The molecule has 90 valence electrons. The Morgan fingerprint density at radius 1 is 1.06 bits per heavy atom. The number of benzene rings is 1. The van der Waals surface area contributed by atoms with Gasteiger partial charge in [0.1, 0.15) is 5.75 Å². The van der Waals surface area contributed by atoms with Gasteiger partial charge in [-0.15, -0.1) is 0 Å². The molecular formula is C12H18Cl2OSi. The first-order valence-corrected chi connectivity index (χ1v) is 8.94. The molecule has 1 rings (SSSR count). The Morgan fingerprint density at radius 3 is 1.88 bits per heavy atom. The highest BCUT2D eigenvalue weighted by molar-refractivity contribution is 6.75. The Kier molecular flexibility index (Phi) is 3.98. The fraction of sp³-hybridized carbons (Fsp3) is 0.500. The average Bonchev–Trinajstić information content (AvgIpc) is 2.10. The highest BCUT2D eigenvalue weighted by Gasteiger charge is 2.39. The van der Waals surface area contributed by atoms with E-state index in [0.29, 0.717) is 15.8 Å². The maximum absolute atomic E-state index is 6.10. The van der Waals surface area contributed by atoms with Crippen LogP contribution < -0.4 is 4.43 Å². The maximum Gasteiger partial charge on any atom is 0.250 e. The third-order valence-electron chi connectivity index (χ3n) is 3.08. The van der Waals surface area contributed by atoms with Gasteiger partial charge >= 0.3 is 0 Å². The number of halogens is 2. The third kappa shape index (κ3) is 2.93. The molecule has 0 saturated carbocycles. The van der Waals surface area contributed by atoms with Crippen LogP contribution in [-0.2, 0) is 0 Å². The molecule has 0 spiro atoms. The highest BCUT2D eigenvalue weighted by atomic mass is 35.5. The molecule has 0 unspecified atom stereocenters. The minimum atomic E-state index is -1.88. The molecule has 0 aliphatic heterocycles. The zero-order chi connectivity index (χ0) is 12.6. The molecule has 0 heterocycles. The molecule has 0 fully saturated rings. The van der Waals surface area contributed by atoms with Crippen molar-refractivity contribution in [2.45, 2.75) is 38.9 Å². The van der Waals surface area contributed by atoms with Crippen LogP contribution in [-0.4, -0.2) is 8.32 Å². The Labute approximate surface area is 109 Å². The lowest BCUT2D eigenvalue weighted by Gasteiger charge is -2.36. The van der Waals surface area contributed by atoms with Crippen LogP contribution in [0.2, 0.25) is 28.2 Å². The number of rotatable bonds is 2. The topological polar surface area (TPSA) is 9.23 Å².